The number of anilines is 2. The molecule has 28 heavy (non-hydrogen) atoms. The Morgan fingerprint density at radius 2 is 1.82 bits per heavy atom. The molecule has 2 aromatic carbocycles. The van der Waals surface area contributed by atoms with Gasteiger partial charge in [0.2, 0.25) is 11.8 Å². The average Bonchev–Trinajstić information content (AvgIpc) is 2.99. The van der Waals surface area contributed by atoms with Crippen LogP contribution >= 0.6 is 11.6 Å². The molecular weight excluding hydrogens is 374 g/mol. The summed E-state index contributed by atoms with van der Waals surface area (Å²) in [6, 6.07) is 13.1. The topological polar surface area (TPSA) is 75.4 Å². The summed E-state index contributed by atoms with van der Waals surface area (Å²) in [5.41, 5.74) is 9.11. The maximum Gasteiger partial charge on any atom is 0.244 e. The van der Waals surface area contributed by atoms with Gasteiger partial charge in [0.15, 0.2) is 0 Å². The van der Waals surface area contributed by atoms with Gasteiger partial charge >= 0.3 is 0 Å². The SMILES string of the molecule is NC1(C(=O)Nc2ccc(CN3C(=O)Cc4ccc(Cl)cc43)cc2)CCCCC1. The van der Waals surface area contributed by atoms with Crippen LogP contribution in [0.1, 0.15) is 43.2 Å². The highest BCUT2D eigenvalue weighted by Gasteiger charge is 2.35. The Morgan fingerprint density at radius 3 is 2.54 bits per heavy atom. The van der Waals surface area contributed by atoms with E-state index in [0.29, 0.717) is 18.0 Å². The lowest BCUT2D eigenvalue weighted by molar-refractivity contribution is -0.122. The van der Waals surface area contributed by atoms with Crippen molar-refractivity contribution in [1.82, 2.24) is 0 Å². The minimum atomic E-state index is -0.762. The smallest absolute Gasteiger partial charge is 0.244 e. The van der Waals surface area contributed by atoms with E-state index in [1.54, 1.807) is 4.90 Å². The number of carbonyl (C=O) groups is 2. The van der Waals surface area contributed by atoms with E-state index in [1.807, 2.05) is 42.5 Å². The maximum atomic E-state index is 12.6. The first kappa shape index (κ1) is 19.0. The van der Waals surface area contributed by atoms with Crippen LogP contribution in [-0.2, 0) is 22.6 Å². The fourth-order valence-electron chi connectivity index (χ4n) is 4.05. The number of hydrogen-bond acceptors (Lipinski definition) is 3. The van der Waals surface area contributed by atoms with Crippen molar-refractivity contribution in [3.63, 3.8) is 0 Å². The molecule has 146 valence electrons. The molecule has 1 saturated carbocycles. The second kappa shape index (κ2) is 7.57. The van der Waals surface area contributed by atoms with E-state index in [1.165, 1.54) is 0 Å². The van der Waals surface area contributed by atoms with Crippen molar-refractivity contribution < 1.29 is 9.59 Å². The van der Waals surface area contributed by atoms with Crippen molar-refractivity contribution in [2.75, 3.05) is 10.2 Å². The van der Waals surface area contributed by atoms with Crippen molar-refractivity contribution in [1.29, 1.82) is 0 Å². The number of fused-ring (bicyclic) bond motifs is 1. The van der Waals surface area contributed by atoms with Gasteiger partial charge in [-0.1, -0.05) is 49.1 Å². The molecule has 3 N–H and O–H groups in total. The van der Waals surface area contributed by atoms with Crippen molar-refractivity contribution in [2.45, 2.75) is 50.6 Å². The van der Waals surface area contributed by atoms with E-state index in [-0.39, 0.29) is 11.8 Å². The molecule has 1 aliphatic heterocycles. The molecule has 2 amide bonds. The van der Waals surface area contributed by atoms with Crippen molar-refractivity contribution in [2.24, 2.45) is 5.73 Å². The first-order valence-electron chi connectivity index (χ1n) is 9.73. The van der Waals surface area contributed by atoms with Gasteiger partial charge < -0.3 is 16.0 Å². The highest BCUT2D eigenvalue weighted by molar-refractivity contribution is 6.31. The Labute approximate surface area is 169 Å². The first-order valence-corrected chi connectivity index (χ1v) is 10.1. The van der Waals surface area contributed by atoms with Crippen LogP contribution in [0.3, 0.4) is 0 Å². The van der Waals surface area contributed by atoms with E-state index in [2.05, 4.69) is 5.32 Å². The van der Waals surface area contributed by atoms with Crippen LogP contribution in [0.4, 0.5) is 11.4 Å². The summed E-state index contributed by atoms with van der Waals surface area (Å²) in [4.78, 5) is 26.7. The lowest BCUT2D eigenvalue weighted by Gasteiger charge is -2.31. The van der Waals surface area contributed by atoms with E-state index in [0.717, 1.165) is 54.6 Å². The summed E-state index contributed by atoms with van der Waals surface area (Å²) < 4.78 is 0. The number of nitrogens with two attached hydrogens (primary N) is 1. The van der Waals surface area contributed by atoms with Gasteiger partial charge in [0.25, 0.3) is 0 Å². The monoisotopic (exact) mass is 397 g/mol. The van der Waals surface area contributed by atoms with E-state index >= 15 is 0 Å². The van der Waals surface area contributed by atoms with Gasteiger partial charge in [0.1, 0.15) is 0 Å². The molecule has 0 saturated heterocycles. The molecular formula is C22H24ClN3O2. The van der Waals surface area contributed by atoms with Crippen molar-refractivity contribution in [3.05, 3.63) is 58.6 Å². The van der Waals surface area contributed by atoms with Crippen LogP contribution in [0.2, 0.25) is 5.02 Å². The summed E-state index contributed by atoms with van der Waals surface area (Å²) in [6.45, 7) is 0.473. The molecule has 6 heteroatoms. The third kappa shape index (κ3) is 3.77. The second-order valence-electron chi connectivity index (χ2n) is 7.80. The fourth-order valence-corrected chi connectivity index (χ4v) is 4.21. The van der Waals surface area contributed by atoms with Gasteiger partial charge in [0.05, 0.1) is 18.5 Å². The van der Waals surface area contributed by atoms with Crippen LogP contribution in [-0.4, -0.2) is 17.4 Å². The lowest BCUT2D eigenvalue weighted by Crippen LogP contribution is -2.52. The number of halogens is 1. The molecule has 1 heterocycles. The second-order valence-corrected chi connectivity index (χ2v) is 8.23. The molecule has 1 aliphatic carbocycles. The lowest BCUT2D eigenvalue weighted by atomic mass is 9.82. The summed E-state index contributed by atoms with van der Waals surface area (Å²) in [6.07, 6.45) is 5.01. The molecule has 0 radical (unpaired) electrons. The Kier molecular flexibility index (Phi) is 5.13. The summed E-state index contributed by atoms with van der Waals surface area (Å²) in [5.74, 6) is -0.0461. The summed E-state index contributed by atoms with van der Waals surface area (Å²) in [7, 11) is 0. The fraction of sp³-hybridized carbons (Fsp3) is 0.364. The van der Waals surface area contributed by atoms with Crippen LogP contribution < -0.4 is 16.0 Å². The molecule has 4 rings (SSSR count). The summed E-state index contributed by atoms with van der Waals surface area (Å²) in [5, 5.41) is 3.56. The molecule has 2 aliphatic rings. The quantitative estimate of drug-likeness (QED) is 0.817. The predicted molar refractivity (Wildman–Crippen MR) is 111 cm³/mol. The predicted octanol–water partition coefficient (Wildman–Crippen LogP) is 4.03. The molecule has 0 atom stereocenters. The minimum Gasteiger partial charge on any atom is -0.324 e. The zero-order chi connectivity index (χ0) is 19.7. The average molecular weight is 398 g/mol. The number of amides is 2. The number of benzene rings is 2. The number of carbonyl (C=O) groups excluding carboxylic acids is 2. The van der Waals surface area contributed by atoms with Crippen LogP contribution in [0.25, 0.3) is 0 Å². The van der Waals surface area contributed by atoms with E-state index in [4.69, 9.17) is 17.3 Å². The highest BCUT2D eigenvalue weighted by Crippen LogP contribution is 2.33. The van der Waals surface area contributed by atoms with Gasteiger partial charge in [-0.25, -0.2) is 0 Å². The molecule has 0 bridgehead atoms. The Balaban J connectivity index is 1.44. The Bertz CT molecular complexity index is 904. The molecule has 5 nitrogen and oxygen atoms in total. The van der Waals surface area contributed by atoms with Crippen LogP contribution in [0.15, 0.2) is 42.5 Å². The molecule has 1 fully saturated rings. The van der Waals surface area contributed by atoms with Crippen molar-refractivity contribution in [3.8, 4) is 0 Å². The minimum absolute atomic E-state index is 0.0667. The van der Waals surface area contributed by atoms with Gasteiger partial charge in [-0.05, 0) is 48.2 Å². The van der Waals surface area contributed by atoms with Gasteiger partial charge in [-0.15, -0.1) is 0 Å². The number of nitrogens with zero attached hydrogens (tertiary/aromatic N) is 1. The molecule has 0 spiro atoms. The first-order chi connectivity index (χ1) is 13.4. The van der Waals surface area contributed by atoms with Crippen molar-refractivity contribution >= 4 is 34.8 Å². The molecule has 0 aromatic heterocycles. The number of hydrogen-bond donors (Lipinski definition) is 2. The Morgan fingerprint density at radius 1 is 1.11 bits per heavy atom. The largest absolute Gasteiger partial charge is 0.324 e. The summed E-state index contributed by atoms with van der Waals surface area (Å²) >= 11 is 6.10. The van der Waals surface area contributed by atoms with Gasteiger partial charge in [0, 0.05) is 16.4 Å². The van der Waals surface area contributed by atoms with E-state index < -0.39 is 5.54 Å². The molecule has 0 unspecified atom stereocenters. The highest BCUT2D eigenvalue weighted by atomic mass is 35.5. The van der Waals surface area contributed by atoms with Crippen LogP contribution in [0, 0.1) is 0 Å². The van der Waals surface area contributed by atoms with Gasteiger partial charge in [-0.3, -0.25) is 9.59 Å². The number of nitrogens with one attached hydrogen (secondary N) is 1. The third-order valence-electron chi connectivity index (χ3n) is 5.73. The zero-order valence-electron chi connectivity index (χ0n) is 15.7. The third-order valence-corrected chi connectivity index (χ3v) is 5.97. The Hall–Kier alpha value is -2.37. The van der Waals surface area contributed by atoms with Crippen LogP contribution in [0.5, 0.6) is 0 Å². The zero-order valence-corrected chi connectivity index (χ0v) is 16.5. The normalized spacial score (nSPS) is 18.1. The number of rotatable bonds is 4. The maximum absolute atomic E-state index is 12.6. The molecule has 2 aromatic rings. The standard InChI is InChI=1S/C22H24ClN3O2/c23-17-7-6-16-12-20(27)26(19(16)13-17)14-15-4-8-18(9-5-15)25-21(28)22(24)10-2-1-3-11-22/h4-9,13H,1-3,10-12,14,24H2,(H,25,28). The van der Waals surface area contributed by atoms with E-state index in [9.17, 15) is 9.59 Å². The van der Waals surface area contributed by atoms with Gasteiger partial charge in [-0.2, -0.15) is 0 Å².